The molecule has 0 aliphatic carbocycles. The number of anilines is 1. The van der Waals surface area contributed by atoms with Crippen LogP contribution in [0.3, 0.4) is 0 Å². The van der Waals surface area contributed by atoms with Gasteiger partial charge in [-0.15, -0.1) is 21.5 Å². The molecule has 0 aromatic carbocycles. The average molecular weight is 463 g/mol. The normalized spacial score (nSPS) is 15.9. The number of hydrogen-bond acceptors (Lipinski definition) is 9. The van der Waals surface area contributed by atoms with Crippen molar-refractivity contribution in [3.63, 3.8) is 0 Å². The minimum atomic E-state index is -0.486. The van der Waals surface area contributed by atoms with E-state index in [-0.39, 0.29) is 17.8 Å². The lowest BCUT2D eigenvalue weighted by Gasteiger charge is -2.14. The summed E-state index contributed by atoms with van der Waals surface area (Å²) in [6.45, 7) is 3.23. The predicted octanol–water partition coefficient (Wildman–Crippen LogP) is 3.60. The van der Waals surface area contributed by atoms with Gasteiger partial charge in [-0.25, -0.2) is 4.79 Å². The Morgan fingerprint density at radius 2 is 2.26 bits per heavy atom. The van der Waals surface area contributed by atoms with Gasteiger partial charge in [0.2, 0.25) is 5.91 Å². The molecule has 0 bridgehead atoms. The van der Waals surface area contributed by atoms with Gasteiger partial charge < -0.3 is 19.2 Å². The monoisotopic (exact) mass is 462 g/mol. The zero-order valence-corrected chi connectivity index (χ0v) is 18.8. The Kier molecular flexibility index (Phi) is 6.73. The number of carbonyl (C=O) groups excluding carboxylic acids is 2. The number of thioether (sulfide) groups is 1. The van der Waals surface area contributed by atoms with Crippen LogP contribution < -0.4 is 5.32 Å². The van der Waals surface area contributed by atoms with Crippen LogP contribution in [0, 0.1) is 6.92 Å². The van der Waals surface area contributed by atoms with Crippen molar-refractivity contribution in [3.05, 3.63) is 35.1 Å². The quantitative estimate of drug-likeness (QED) is 0.400. The van der Waals surface area contributed by atoms with Gasteiger partial charge in [-0.2, -0.15) is 0 Å². The first-order valence-corrected chi connectivity index (χ1v) is 11.6. The van der Waals surface area contributed by atoms with Crippen LogP contribution in [0.25, 0.3) is 11.4 Å². The number of thiophene rings is 1. The van der Waals surface area contributed by atoms with Crippen LogP contribution in [0.2, 0.25) is 0 Å². The standard InChI is InChI=1S/C20H22N4O5S2/c1-12-14(5-8-28-12)17-22-23-20(24(17)10-13-4-3-7-29-13)31-11-16(25)21-18-15(6-9-30-18)19(26)27-2/h5-6,8-9,13H,3-4,7,10-11H2,1-2H3,(H,21,25). The Labute approximate surface area is 187 Å². The Morgan fingerprint density at radius 3 is 2.97 bits per heavy atom. The van der Waals surface area contributed by atoms with Crippen molar-refractivity contribution in [2.45, 2.75) is 37.6 Å². The van der Waals surface area contributed by atoms with E-state index in [1.165, 1.54) is 30.2 Å². The van der Waals surface area contributed by atoms with Crippen molar-refractivity contribution in [3.8, 4) is 11.4 Å². The SMILES string of the molecule is COC(=O)c1ccsc1NC(=O)CSc1nnc(-c2ccoc2C)n1CC1CCCO1. The van der Waals surface area contributed by atoms with Gasteiger partial charge in [-0.1, -0.05) is 11.8 Å². The first-order valence-electron chi connectivity index (χ1n) is 9.74. The number of methoxy groups -OCH3 is 1. The van der Waals surface area contributed by atoms with Gasteiger partial charge >= 0.3 is 5.97 Å². The zero-order valence-electron chi connectivity index (χ0n) is 17.1. The van der Waals surface area contributed by atoms with Crippen molar-refractivity contribution in [2.75, 3.05) is 24.8 Å². The number of ether oxygens (including phenoxy) is 2. The molecule has 0 spiro atoms. The van der Waals surface area contributed by atoms with Gasteiger partial charge in [0.25, 0.3) is 0 Å². The minimum Gasteiger partial charge on any atom is -0.469 e. The van der Waals surface area contributed by atoms with Gasteiger partial charge in [-0.05, 0) is 37.3 Å². The van der Waals surface area contributed by atoms with Gasteiger partial charge in [0.15, 0.2) is 11.0 Å². The number of hydrogen-bond donors (Lipinski definition) is 1. The number of furan rings is 1. The molecule has 4 heterocycles. The van der Waals surface area contributed by atoms with Crippen molar-refractivity contribution in [1.29, 1.82) is 0 Å². The maximum Gasteiger partial charge on any atom is 0.340 e. The third kappa shape index (κ3) is 4.83. The molecule has 9 nitrogen and oxygen atoms in total. The molecule has 1 aliphatic rings. The molecular weight excluding hydrogens is 440 g/mol. The second-order valence-corrected chi connectivity index (χ2v) is 8.79. The Morgan fingerprint density at radius 1 is 1.39 bits per heavy atom. The highest BCUT2D eigenvalue weighted by atomic mass is 32.2. The van der Waals surface area contributed by atoms with E-state index in [4.69, 9.17) is 13.9 Å². The highest BCUT2D eigenvalue weighted by molar-refractivity contribution is 7.99. The van der Waals surface area contributed by atoms with E-state index in [1.807, 2.05) is 17.6 Å². The van der Waals surface area contributed by atoms with Crippen LogP contribution in [0.5, 0.6) is 0 Å². The second kappa shape index (κ2) is 9.67. The van der Waals surface area contributed by atoms with Crippen LogP contribution >= 0.6 is 23.1 Å². The van der Waals surface area contributed by atoms with E-state index in [2.05, 4.69) is 15.5 Å². The molecule has 0 saturated carbocycles. The highest BCUT2D eigenvalue weighted by Crippen LogP contribution is 2.29. The summed E-state index contributed by atoms with van der Waals surface area (Å²) in [5.41, 5.74) is 1.20. The molecule has 4 rings (SSSR count). The van der Waals surface area contributed by atoms with Gasteiger partial charge in [0.05, 0.1) is 42.9 Å². The molecule has 3 aromatic rings. The van der Waals surface area contributed by atoms with Crippen molar-refractivity contribution < 1.29 is 23.5 Å². The number of nitrogens with zero attached hydrogens (tertiary/aromatic N) is 3. The summed E-state index contributed by atoms with van der Waals surface area (Å²) in [4.78, 5) is 24.3. The first-order chi connectivity index (χ1) is 15.1. The number of rotatable bonds is 8. The largest absolute Gasteiger partial charge is 0.469 e. The van der Waals surface area contributed by atoms with Crippen LogP contribution in [-0.4, -0.2) is 52.2 Å². The van der Waals surface area contributed by atoms with Crippen molar-refractivity contribution in [1.82, 2.24) is 14.8 Å². The van der Waals surface area contributed by atoms with Crippen molar-refractivity contribution >= 4 is 40.0 Å². The molecule has 11 heteroatoms. The molecule has 164 valence electrons. The minimum absolute atomic E-state index is 0.0869. The summed E-state index contributed by atoms with van der Waals surface area (Å²) >= 11 is 2.55. The molecule has 1 amide bonds. The molecule has 1 unspecified atom stereocenters. The predicted molar refractivity (Wildman–Crippen MR) is 116 cm³/mol. The number of carbonyl (C=O) groups is 2. The summed E-state index contributed by atoms with van der Waals surface area (Å²) in [7, 11) is 1.31. The lowest BCUT2D eigenvalue weighted by molar-refractivity contribution is -0.113. The lowest BCUT2D eigenvalue weighted by atomic mass is 10.2. The van der Waals surface area contributed by atoms with E-state index < -0.39 is 5.97 Å². The number of aromatic nitrogens is 3. The maximum absolute atomic E-state index is 12.5. The molecule has 3 aromatic heterocycles. The summed E-state index contributed by atoms with van der Waals surface area (Å²) in [6.07, 6.45) is 3.71. The third-order valence-corrected chi connectivity index (χ3v) is 6.68. The molecular formula is C20H22N4O5S2. The van der Waals surface area contributed by atoms with Crippen LogP contribution in [0.1, 0.15) is 29.0 Å². The van der Waals surface area contributed by atoms with Gasteiger partial charge in [0.1, 0.15) is 10.8 Å². The Bertz CT molecular complexity index is 1070. The van der Waals surface area contributed by atoms with Crippen LogP contribution in [0.4, 0.5) is 5.00 Å². The number of esters is 1. The molecule has 1 aliphatic heterocycles. The smallest absolute Gasteiger partial charge is 0.340 e. The van der Waals surface area contributed by atoms with E-state index in [0.29, 0.717) is 28.1 Å². The zero-order chi connectivity index (χ0) is 21.8. The van der Waals surface area contributed by atoms with E-state index in [9.17, 15) is 9.59 Å². The first kappa shape index (κ1) is 21.6. The fourth-order valence-corrected chi connectivity index (χ4v) is 4.88. The summed E-state index contributed by atoms with van der Waals surface area (Å²) < 4.78 is 18.0. The maximum atomic E-state index is 12.5. The summed E-state index contributed by atoms with van der Waals surface area (Å²) in [6, 6.07) is 3.48. The number of nitrogens with one attached hydrogen (secondary N) is 1. The summed E-state index contributed by atoms with van der Waals surface area (Å²) in [5, 5.41) is 14.3. The lowest BCUT2D eigenvalue weighted by Crippen LogP contribution is -2.18. The molecule has 0 radical (unpaired) electrons. The summed E-state index contributed by atoms with van der Waals surface area (Å²) in [5.74, 6) is 0.831. The second-order valence-electron chi connectivity index (χ2n) is 6.93. The third-order valence-electron chi connectivity index (χ3n) is 4.88. The van der Waals surface area contributed by atoms with Crippen LogP contribution in [-0.2, 0) is 20.8 Å². The average Bonchev–Trinajstić information content (AvgIpc) is 3.55. The highest BCUT2D eigenvalue weighted by Gasteiger charge is 2.24. The van der Waals surface area contributed by atoms with E-state index in [0.717, 1.165) is 30.8 Å². The Hall–Kier alpha value is -2.63. The molecule has 1 N–H and O–H groups in total. The van der Waals surface area contributed by atoms with E-state index in [1.54, 1.807) is 17.7 Å². The van der Waals surface area contributed by atoms with Gasteiger partial charge in [-0.3, -0.25) is 9.36 Å². The van der Waals surface area contributed by atoms with Gasteiger partial charge in [0, 0.05) is 6.61 Å². The fraction of sp³-hybridized carbons (Fsp3) is 0.400. The van der Waals surface area contributed by atoms with Crippen molar-refractivity contribution in [2.24, 2.45) is 0 Å². The fourth-order valence-electron chi connectivity index (χ4n) is 3.34. The number of amides is 1. The molecule has 1 fully saturated rings. The molecule has 31 heavy (non-hydrogen) atoms. The number of aryl methyl sites for hydroxylation is 1. The molecule has 1 atom stereocenters. The van der Waals surface area contributed by atoms with Crippen LogP contribution in [0.15, 0.2) is 33.3 Å². The molecule has 1 saturated heterocycles. The topological polar surface area (TPSA) is 108 Å². The van der Waals surface area contributed by atoms with E-state index >= 15 is 0 Å². The Balaban J connectivity index is 1.48.